The number of nitrogens with zero attached hydrogens (tertiary/aromatic N) is 2. The van der Waals surface area contributed by atoms with Crippen LogP contribution in [0.2, 0.25) is 0 Å². The van der Waals surface area contributed by atoms with Gasteiger partial charge in [-0.2, -0.15) is 0 Å². The number of hydrogen-bond donors (Lipinski definition) is 2. The van der Waals surface area contributed by atoms with Crippen LogP contribution >= 0.6 is 0 Å². The highest BCUT2D eigenvalue weighted by Crippen LogP contribution is 2.20. The number of hydrogen-bond acceptors (Lipinski definition) is 5. The molecule has 1 unspecified atom stereocenters. The molecule has 0 saturated heterocycles. The summed E-state index contributed by atoms with van der Waals surface area (Å²) in [6.07, 6.45) is 4.63. The molecule has 102 valence electrons. The van der Waals surface area contributed by atoms with E-state index in [1.54, 1.807) is 6.20 Å². The lowest BCUT2D eigenvalue weighted by molar-refractivity contribution is 0.241. The van der Waals surface area contributed by atoms with Crippen molar-refractivity contribution in [1.29, 1.82) is 0 Å². The van der Waals surface area contributed by atoms with Crippen LogP contribution in [0.1, 0.15) is 31.9 Å². The van der Waals surface area contributed by atoms with Crippen molar-refractivity contribution in [1.82, 2.24) is 15.3 Å². The van der Waals surface area contributed by atoms with Crippen LogP contribution in [-0.2, 0) is 0 Å². The van der Waals surface area contributed by atoms with Crippen LogP contribution in [0.5, 0.6) is 5.75 Å². The highest BCUT2D eigenvalue weighted by atomic mass is 16.5. The summed E-state index contributed by atoms with van der Waals surface area (Å²) in [5.74, 6) is 6.39. The molecule has 0 aromatic carbocycles. The van der Waals surface area contributed by atoms with E-state index in [0.717, 1.165) is 24.3 Å². The molecule has 0 bridgehead atoms. The Morgan fingerprint density at radius 3 is 2.67 bits per heavy atom. The van der Waals surface area contributed by atoms with Crippen molar-refractivity contribution in [2.45, 2.75) is 32.4 Å². The van der Waals surface area contributed by atoms with Gasteiger partial charge in [-0.25, -0.2) is 0 Å². The Labute approximate surface area is 109 Å². The van der Waals surface area contributed by atoms with Crippen molar-refractivity contribution in [3.05, 3.63) is 24.0 Å². The summed E-state index contributed by atoms with van der Waals surface area (Å²) < 4.78 is 5.63. The molecule has 1 rings (SSSR count). The molecule has 1 atom stereocenters. The lowest BCUT2D eigenvalue weighted by Gasteiger charge is -2.19. The van der Waals surface area contributed by atoms with E-state index in [0.29, 0.717) is 0 Å². The molecule has 0 saturated carbocycles. The lowest BCUT2D eigenvalue weighted by atomic mass is 10.1. The second-order valence-electron chi connectivity index (χ2n) is 4.93. The van der Waals surface area contributed by atoms with E-state index in [1.807, 2.05) is 40.2 Å². The third-order valence-electron chi connectivity index (χ3n) is 2.57. The quantitative estimate of drug-likeness (QED) is 0.566. The third-order valence-corrected chi connectivity index (χ3v) is 2.57. The Kier molecular flexibility index (Phi) is 6.04. The largest absolute Gasteiger partial charge is 0.489 e. The summed E-state index contributed by atoms with van der Waals surface area (Å²) in [5.41, 5.74) is 3.89. The van der Waals surface area contributed by atoms with E-state index in [1.165, 1.54) is 0 Å². The molecule has 0 aliphatic rings. The average Bonchev–Trinajstić information content (AvgIpc) is 2.29. The fourth-order valence-corrected chi connectivity index (χ4v) is 1.70. The monoisotopic (exact) mass is 252 g/mol. The number of hydrazine groups is 1. The molecule has 0 spiro atoms. The molecule has 0 amide bonds. The second-order valence-corrected chi connectivity index (χ2v) is 4.93. The number of pyridine rings is 1. The highest BCUT2D eigenvalue weighted by Gasteiger charge is 2.11. The number of nitrogens with two attached hydrogens (primary N) is 1. The van der Waals surface area contributed by atoms with Crippen LogP contribution in [0, 0.1) is 0 Å². The lowest BCUT2D eigenvalue weighted by Crippen LogP contribution is -2.30. The molecule has 5 nitrogen and oxygen atoms in total. The van der Waals surface area contributed by atoms with Crippen LogP contribution in [0.4, 0.5) is 0 Å². The first-order valence-electron chi connectivity index (χ1n) is 6.25. The normalized spacial score (nSPS) is 13.1. The molecule has 1 heterocycles. The van der Waals surface area contributed by atoms with Gasteiger partial charge < -0.3 is 9.64 Å². The summed E-state index contributed by atoms with van der Waals surface area (Å²) in [4.78, 5) is 6.33. The Bertz CT molecular complexity index is 355. The molecule has 0 fully saturated rings. The standard InChI is InChI=1S/C13H24N4O/c1-10(2)18-12-7-11(8-15-9-12)13(16-14)5-6-17(3)4/h7-10,13,16H,5-6,14H2,1-4H3. The van der Waals surface area contributed by atoms with Gasteiger partial charge in [0.25, 0.3) is 0 Å². The second kappa shape index (κ2) is 7.31. The highest BCUT2D eigenvalue weighted by molar-refractivity contribution is 5.26. The van der Waals surface area contributed by atoms with E-state index in [-0.39, 0.29) is 12.1 Å². The van der Waals surface area contributed by atoms with Crippen LogP contribution in [-0.4, -0.2) is 36.6 Å². The Morgan fingerprint density at radius 1 is 1.39 bits per heavy atom. The maximum Gasteiger partial charge on any atom is 0.138 e. The molecule has 1 aromatic heterocycles. The SMILES string of the molecule is CC(C)Oc1cncc(C(CCN(C)C)NN)c1. The Balaban J connectivity index is 2.72. The number of ether oxygens (including phenoxy) is 1. The maximum atomic E-state index is 5.63. The average molecular weight is 252 g/mol. The zero-order chi connectivity index (χ0) is 13.5. The van der Waals surface area contributed by atoms with Gasteiger partial charge in [0.05, 0.1) is 12.3 Å². The number of aromatic nitrogens is 1. The van der Waals surface area contributed by atoms with Crippen LogP contribution < -0.4 is 16.0 Å². The Morgan fingerprint density at radius 2 is 2.11 bits per heavy atom. The van der Waals surface area contributed by atoms with Gasteiger partial charge in [-0.05, 0) is 52.5 Å². The fourth-order valence-electron chi connectivity index (χ4n) is 1.70. The summed E-state index contributed by atoms with van der Waals surface area (Å²) >= 11 is 0. The van der Waals surface area contributed by atoms with Crippen LogP contribution in [0.15, 0.2) is 18.5 Å². The topological polar surface area (TPSA) is 63.4 Å². The van der Waals surface area contributed by atoms with Crippen LogP contribution in [0.25, 0.3) is 0 Å². The zero-order valence-corrected chi connectivity index (χ0v) is 11.7. The molecule has 5 heteroatoms. The first-order valence-corrected chi connectivity index (χ1v) is 6.25. The summed E-state index contributed by atoms with van der Waals surface area (Å²) in [7, 11) is 4.09. The number of nitrogens with one attached hydrogen (secondary N) is 1. The first-order chi connectivity index (χ1) is 8.52. The minimum atomic E-state index is 0.0932. The van der Waals surface area contributed by atoms with E-state index in [9.17, 15) is 0 Å². The number of rotatable bonds is 7. The van der Waals surface area contributed by atoms with Crippen molar-refractivity contribution >= 4 is 0 Å². The van der Waals surface area contributed by atoms with Gasteiger partial charge in [0.15, 0.2) is 0 Å². The minimum Gasteiger partial charge on any atom is -0.489 e. The van der Waals surface area contributed by atoms with E-state index in [4.69, 9.17) is 10.6 Å². The molecule has 0 aliphatic heterocycles. The molecule has 0 aliphatic carbocycles. The van der Waals surface area contributed by atoms with Crippen molar-refractivity contribution in [2.24, 2.45) is 5.84 Å². The van der Waals surface area contributed by atoms with Gasteiger partial charge in [-0.3, -0.25) is 16.3 Å². The van der Waals surface area contributed by atoms with E-state index in [2.05, 4.69) is 15.3 Å². The molecule has 18 heavy (non-hydrogen) atoms. The van der Waals surface area contributed by atoms with E-state index >= 15 is 0 Å². The van der Waals surface area contributed by atoms with Gasteiger partial charge in [-0.1, -0.05) is 0 Å². The fraction of sp³-hybridized carbons (Fsp3) is 0.615. The predicted molar refractivity (Wildman–Crippen MR) is 73.2 cm³/mol. The zero-order valence-electron chi connectivity index (χ0n) is 11.7. The van der Waals surface area contributed by atoms with Crippen molar-refractivity contribution in [3.8, 4) is 5.75 Å². The van der Waals surface area contributed by atoms with Gasteiger partial charge in [0.2, 0.25) is 0 Å². The molecule has 0 radical (unpaired) electrons. The molecular formula is C13H24N4O. The van der Waals surface area contributed by atoms with Gasteiger partial charge >= 0.3 is 0 Å². The summed E-state index contributed by atoms with van der Waals surface area (Å²) in [6.45, 7) is 4.96. The van der Waals surface area contributed by atoms with E-state index < -0.39 is 0 Å². The third kappa shape index (κ3) is 5.00. The van der Waals surface area contributed by atoms with Crippen molar-refractivity contribution in [2.75, 3.05) is 20.6 Å². The Hall–Kier alpha value is -1.17. The molecular weight excluding hydrogens is 228 g/mol. The molecule has 3 N–H and O–H groups in total. The smallest absolute Gasteiger partial charge is 0.138 e. The van der Waals surface area contributed by atoms with Crippen molar-refractivity contribution in [3.63, 3.8) is 0 Å². The first kappa shape index (κ1) is 14.9. The predicted octanol–water partition coefficient (Wildman–Crippen LogP) is 1.32. The summed E-state index contributed by atoms with van der Waals surface area (Å²) in [6, 6.07) is 2.09. The van der Waals surface area contributed by atoms with Gasteiger partial charge in [0.1, 0.15) is 5.75 Å². The van der Waals surface area contributed by atoms with Crippen LogP contribution in [0.3, 0.4) is 0 Å². The van der Waals surface area contributed by atoms with Gasteiger partial charge in [-0.15, -0.1) is 0 Å². The minimum absolute atomic E-state index is 0.0932. The molecule has 1 aromatic rings. The van der Waals surface area contributed by atoms with Crippen molar-refractivity contribution < 1.29 is 4.74 Å². The maximum absolute atomic E-state index is 5.63. The van der Waals surface area contributed by atoms with Gasteiger partial charge in [0, 0.05) is 12.2 Å². The summed E-state index contributed by atoms with van der Waals surface area (Å²) in [5, 5.41) is 0.